The van der Waals surface area contributed by atoms with E-state index in [1.54, 1.807) is 6.07 Å². The highest BCUT2D eigenvalue weighted by Gasteiger charge is 2.19. The zero-order valence-electron chi connectivity index (χ0n) is 9.43. The molecule has 0 aliphatic heterocycles. The second kappa shape index (κ2) is 4.25. The van der Waals surface area contributed by atoms with Gasteiger partial charge in [-0.2, -0.15) is 0 Å². The summed E-state index contributed by atoms with van der Waals surface area (Å²) in [6.45, 7) is 0. The average Bonchev–Trinajstić information content (AvgIpc) is 2.74. The normalized spacial score (nSPS) is 10.2. The molecule has 6 nitrogen and oxygen atoms in total. The summed E-state index contributed by atoms with van der Waals surface area (Å²) in [5, 5.41) is 13.4. The van der Waals surface area contributed by atoms with Gasteiger partial charge in [0.25, 0.3) is 0 Å². The molecule has 0 spiro atoms. The topological polar surface area (TPSA) is 90.7 Å². The van der Waals surface area contributed by atoms with Crippen LogP contribution in [0.5, 0.6) is 17.2 Å². The van der Waals surface area contributed by atoms with E-state index in [0.717, 1.165) is 0 Å². The van der Waals surface area contributed by atoms with Gasteiger partial charge in [0, 0.05) is 6.07 Å². The summed E-state index contributed by atoms with van der Waals surface area (Å²) >= 11 is 0. The number of phenolic OH excluding ortho intramolecular Hbond substituents is 1. The van der Waals surface area contributed by atoms with Crippen LogP contribution in [0.2, 0.25) is 0 Å². The fourth-order valence-electron chi connectivity index (χ4n) is 1.56. The Morgan fingerprint density at radius 2 is 2.06 bits per heavy atom. The fraction of sp³-hybridized carbons (Fsp3) is 0.182. The molecular formula is C11H12N2O4. The first-order valence-electron chi connectivity index (χ1n) is 4.84. The van der Waals surface area contributed by atoms with Crippen LogP contribution in [0.3, 0.4) is 0 Å². The number of ether oxygens (including phenoxy) is 2. The third-order valence-electron chi connectivity index (χ3n) is 2.30. The number of phenols is 1. The summed E-state index contributed by atoms with van der Waals surface area (Å²) in [4.78, 5) is 0. The Hall–Kier alpha value is -2.37. The molecule has 0 aliphatic rings. The number of nitrogen functional groups attached to an aromatic ring is 1. The van der Waals surface area contributed by atoms with Crippen molar-refractivity contribution >= 4 is 5.82 Å². The smallest absolute Gasteiger partial charge is 0.176 e. The molecule has 2 aromatic rings. The van der Waals surface area contributed by atoms with Crippen LogP contribution in [0.1, 0.15) is 0 Å². The molecule has 2 rings (SSSR count). The van der Waals surface area contributed by atoms with Gasteiger partial charge in [0.15, 0.2) is 23.1 Å². The molecule has 0 bridgehead atoms. The molecule has 0 unspecified atom stereocenters. The highest BCUT2D eigenvalue weighted by atomic mass is 16.5. The van der Waals surface area contributed by atoms with Crippen LogP contribution < -0.4 is 15.2 Å². The van der Waals surface area contributed by atoms with Crippen molar-refractivity contribution in [1.29, 1.82) is 0 Å². The molecule has 0 saturated heterocycles. The van der Waals surface area contributed by atoms with E-state index in [-0.39, 0.29) is 11.6 Å². The molecule has 0 amide bonds. The first-order valence-corrected chi connectivity index (χ1v) is 4.84. The van der Waals surface area contributed by atoms with E-state index in [2.05, 4.69) is 5.16 Å². The minimum absolute atomic E-state index is 0.00111. The Balaban J connectivity index is 2.66. The van der Waals surface area contributed by atoms with Gasteiger partial charge in [-0.3, -0.25) is 0 Å². The van der Waals surface area contributed by atoms with Crippen molar-refractivity contribution < 1.29 is 19.1 Å². The van der Waals surface area contributed by atoms with Crippen LogP contribution in [-0.4, -0.2) is 24.5 Å². The van der Waals surface area contributed by atoms with Gasteiger partial charge in [0.05, 0.1) is 14.2 Å². The summed E-state index contributed by atoms with van der Waals surface area (Å²) in [6, 6.07) is 4.57. The van der Waals surface area contributed by atoms with Crippen LogP contribution >= 0.6 is 0 Å². The van der Waals surface area contributed by atoms with Gasteiger partial charge in [0.1, 0.15) is 11.3 Å². The highest BCUT2D eigenvalue weighted by Crippen LogP contribution is 2.44. The minimum atomic E-state index is -0.00111. The van der Waals surface area contributed by atoms with Gasteiger partial charge in [-0.1, -0.05) is 5.16 Å². The van der Waals surface area contributed by atoms with Crippen LogP contribution in [0, 0.1) is 0 Å². The number of methoxy groups -OCH3 is 2. The maximum Gasteiger partial charge on any atom is 0.176 e. The van der Waals surface area contributed by atoms with Crippen LogP contribution in [0.25, 0.3) is 11.3 Å². The third kappa shape index (κ3) is 1.84. The van der Waals surface area contributed by atoms with Gasteiger partial charge in [-0.15, -0.1) is 0 Å². The quantitative estimate of drug-likeness (QED) is 0.841. The van der Waals surface area contributed by atoms with E-state index in [1.165, 1.54) is 26.4 Å². The predicted octanol–water partition coefficient (Wildman–Crippen LogP) is 1.65. The maximum absolute atomic E-state index is 9.84. The minimum Gasteiger partial charge on any atom is -0.507 e. The standard InChI is InChI=1S/C11H12N2O4/c1-15-7-4-3-6(14)10(11(7)16-2)8-5-9(12)13-17-8/h3-5,14H,1-2H3,(H2,12,13). The van der Waals surface area contributed by atoms with Crippen molar-refractivity contribution in [2.24, 2.45) is 0 Å². The Labute approximate surface area is 97.5 Å². The van der Waals surface area contributed by atoms with Crippen molar-refractivity contribution in [3.63, 3.8) is 0 Å². The Morgan fingerprint density at radius 1 is 1.29 bits per heavy atom. The summed E-state index contributed by atoms with van der Waals surface area (Å²) in [5.74, 6) is 1.39. The molecule has 3 N–H and O–H groups in total. The lowest BCUT2D eigenvalue weighted by molar-refractivity contribution is 0.350. The van der Waals surface area contributed by atoms with E-state index in [0.29, 0.717) is 22.8 Å². The maximum atomic E-state index is 9.84. The van der Waals surface area contributed by atoms with Crippen LogP contribution in [-0.2, 0) is 0 Å². The highest BCUT2D eigenvalue weighted by molar-refractivity contribution is 5.77. The first-order chi connectivity index (χ1) is 8.17. The predicted molar refractivity (Wildman–Crippen MR) is 61.1 cm³/mol. The number of hydrogen-bond acceptors (Lipinski definition) is 6. The van der Waals surface area contributed by atoms with Crippen molar-refractivity contribution in [2.75, 3.05) is 20.0 Å². The molecule has 17 heavy (non-hydrogen) atoms. The number of benzene rings is 1. The van der Waals surface area contributed by atoms with Crippen LogP contribution in [0.4, 0.5) is 5.82 Å². The van der Waals surface area contributed by atoms with Crippen molar-refractivity contribution in [2.45, 2.75) is 0 Å². The monoisotopic (exact) mass is 236 g/mol. The van der Waals surface area contributed by atoms with Gasteiger partial charge in [0.2, 0.25) is 0 Å². The second-order valence-corrected chi connectivity index (χ2v) is 3.31. The zero-order valence-corrected chi connectivity index (χ0v) is 9.43. The molecule has 0 aliphatic carbocycles. The SMILES string of the molecule is COc1ccc(O)c(-c2cc(N)no2)c1OC. The Morgan fingerprint density at radius 3 is 2.59 bits per heavy atom. The molecule has 0 fully saturated rings. The second-order valence-electron chi connectivity index (χ2n) is 3.31. The zero-order chi connectivity index (χ0) is 12.4. The summed E-state index contributed by atoms with van der Waals surface area (Å²) in [7, 11) is 2.98. The molecule has 0 saturated carbocycles. The van der Waals surface area contributed by atoms with Gasteiger partial charge in [-0.25, -0.2) is 0 Å². The molecule has 6 heteroatoms. The molecule has 1 aromatic heterocycles. The van der Waals surface area contributed by atoms with Gasteiger partial charge >= 0.3 is 0 Å². The largest absolute Gasteiger partial charge is 0.507 e. The lowest BCUT2D eigenvalue weighted by atomic mass is 10.1. The summed E-state index contributed by atoms with van der Waals surface area (Å²) in [6.07, 6.45) is 0. The van der Waals surface area contributed by atoms with E-state index in [1.807, 2.05) is 0 Å². The van der Waals surface area contributed by atoms with Gasteiger partial charge in [-0.05, 0) is 12.1 Å². The molecule has 0 atom stereocenters. The number of aromatic nitrogens is 1. The third-order valence-corrected chi connectivity index (χ3v) is 2.30. The number of hydrogen-bond donors (Lipinski definition) is 2. The van der Waals surface area contributed by atoms with Crippen molar-refractivity contribution in [3.8, 4) is 28.6 Å². The van der Waals surface area contributed by atoms with Crippen molar-refractivity contribution in [3.05, 3.63) is 18.2 Å². The Kier molecular flexibility index (Phi) is 2.78. The van der Waals surface area contributed by atoms with Gasteiger partial charge < -0.3 is 24.8 Å². The summed E-state index contributed by atoms with van der Waals surface area (Å²) in [5.41, 5.74) is 5.83. The molecule has 0 radical (unpaired) electrons. The Bertz CT molecular complexity index is 536. The first kappa shape index (κ1) is 11.1. The van der Waals surface area contributed by atoms with E-state index >= 15 is 0 Å². The molecule has 1 heterocycles. The van der Waals surface area contributed by atoms with E-state index < -0.39 is 0 Å². The van der Waals surface area contributed by atoms with Crippen molar-refractivity contribution in [1.82, 2.24) is 5.16 Å². The average molecular weight is 236 g/mol. The number of nitrogens with zero attached hydrogens (tertiary/aromatic N) is 1. The number of aromatic hydroxyl groups is 1. The molecule has 90 valence electrons. The molecule has 1 aromatic carbocycles. The number of rotatable bonds is 3. The lowest BCUT2D eigenvalue weighted by Crippen LogP contribution is -1.93. The summed E-state index contributed by atoms with van der Waals surface area (Å²) < 4.78 is 15.3. The number of anilines is 1. The molecular weight excluding hydrogens is 224 g/mol. The fourth-order valence-corrected chi connectivity index (χ4v) is 1.56. The van der Waals surface area contributed by atoms with E-state index in [9.17, 15) is 5.11 Å². The van der Waals surface area contributed by atoms with E-state index in [4.69, 9.17) is 19.7 Å². The van der Waals surface area contributed by atoms with Crippen LogP contribution in [0.15, 0.2) is 22.7 Å². The number of nitrogens with two attached hydrogens (primary N) is 1. The lowest BCUT2D eigenvalue weighted by Gasteiger charge is -2.11.